The summed E-state index contributed by atoms with van der Waals surface area (Å²) in [6.45, 7) is 2.76. The van der Waals surface area contributed by atoms with E-state index in [4.69, 9.17) is 21.1 Å². The van der Waals surface area contributed by atoms with Gasteiger partial charge in [0.1, 0.15) is 6.61 Å². The molecule has 3 rings (SSSR count). The lowest BCUT2D eigenvalue weighted by Gasteiger charge is -2.17. The number of halogens is 1. The number of carboxylic acids is 1. The van der Waals surface area contributed by atoms with Crippen LogP contribution in [0.3, 0.4) is 0 Å². The van der Waals surface area contributed by atoms with Crippen molar-refractivity contribution in [3.05, 3.63) is 87.9 Å². The molecule has 3 aromatic rings. The lowest BCUT2D eigenvalue weighted by Crippen LogP contribution is -2.07. The Kier molecular flexibility index (Phi) is 6.62. The zero-order valence-corrected chi connectivity index (χ0v) is 17.0. The third-order valence-corrected chi connectivity index (χ3v) is 4.78. The van der Waals surface area contributed by atoms with Gasteiger partial charge in [0, 0.05) is 22.8 Å². The first-order valence-electron chi connectivity index (χ1n) is 9.09. The van der Waals surface area contributed by atoms with E-state index in [1.807, 2.05) is 49.4 Å². The Labute approximate surface area is 174 Å². The number of hydrogen-bond donors (Lipinski definition) is 2. The van der Waals surface area contributed by atoms with Gasteiger partial charge in [0.2, 0.25) is 0 Å². The molecule has 6 heteroatoms. The molecule has 0 aliphatic heterocycles. The first kappa shape index (κ1) is 20.6. The minimum Gasteiger partial charge on any atom is -0.493 e. The summed E-state index contributed by atoms with van der Waals surface area (Å²) in [5.74, 6) is 0.320. The van der Waals surface area contributed by atoms with Crippen molar-refractivity contribution in [2.75, 3.05) is 12.4 Å². The predicted octanol–water partition coefficient (Wildman–Crippen LogP) is 5.55. The van der Waals surface area contributed by atoms with Crippen LogP contribution in [0.25, 0.3) is 0 Å². The third-order valence-electron chi connectivity index (χ3n) is 4.53. The molecular weight excluding hydrogens is 390 g/mol. The number of methoxy groups -OCH3 is 1. The maximum Gasteiger partial charge on any atom is 0.335 e. The number of benzene rings is 3. The fourth-order valence-electron chi connectivity index (χ4n) is 2.90. The molecule has 0 saturated heterocycles. The van der Waals surface area contributed by atoms with E-state index in [9.17, 15) is 9.90 Å². The van der Waals surface area contributed by atoms with Crippen LogP contribution in [0.15, 0.2) is 60.7 Å². The Morgan fingerprint density at radius 1 is 1.10 bits per heavy atom. The Morgan fingerprint density at radius 3 is 2.55 bits per heavy atom. The highest BCUT2D eigenvalue weighted by Gasteiger charge is 2.12. The second-order valence-electron chi connectivity index (χ2n) is 6.55. The van der Waals surface area contributed by atoms with E-state index in [0.29, 0.717) is 29.7 Å². The molecule has 0 fully saturated rings. The van der Waals surface area contributed by atoms with Gasteiger partial charge >= 0.3 is 5.97 Å². The zero-order valence-electron chi connectivity index (χ0n) is 16.2. The topological polar surface area (TPSA) is 67.8 Å². The first-order chi connectivity index (χ1) is 14.0. The van der Waals surface area contributed by atoms with Crippen molar-refractivity contribution in [3.63, 3.8) is 0 Å². The van der Waals surface area contributed by atoms with Gasteiger partial charge in [0.25, 0.3) is 0 Å². The number of aromatic carboxylic acids is 1. The summed E-state index contributed by atoms with van der Waals surface area (Å²) in [5.41, 5.74) is 3.85. The Balaban J connectivity index is 1.79. The summed E-state index contributed by atoms with van der Waals surface area (Å²) in [5, 5.41) is 13.2. The van der Waals surface area contributed by atoms with Crippen LogP contribution >= 0.6 is 11.6 Å². The highest BCUT2D eigenvalue weighted by Crippen LogP contribution is 2.33. The summed E-state index contributed by atoms with van der Waals surface area (Å²) in [7, 11) is 1.60. The van der Waals surface area contributed by atoms with E-state index in [-0.39, 0.29) is 5.56 Å². The maximum atomic E-state index is 11.2. The summed E-state index contributed by atoms with van der Waals surface area (Å²) in [4.78, 5) is 11.2. The number of ether oxygens (including phenoxy) is 2. The van der Waals surface area contributed by atoms with Crippen LogP contribution in [-0.2, 0) is 13.2 Å². The highest BCUT2D eigenvalue weighted by molar-refractivity contribution is 6.30. The van der Waals surface area contributed by atoms with Crippen LogP contribution in [0.5, 0.6) is 11.5 Å². The molecule has 0 radical (unpaired) electrons. The molecule has 0 atom stereocenters. The van der Waals surface area contributed by atoms with Gasteiger partial charge in [-0.3, -0.25) is 0 Å². The van der Waals surface area contributed by atoms with Gasteiger partial charge < -0.3 is 19.9 Å². The van der Waals surface area contributed by atoms with Crippen molar-refractivity contribution in [1.29, 1.82) is 0 Å². The van der Waals surface area contributed by atoms with Gasteiger partial charge in [0.05, 0.1) is 12.7 Å². The lowest BCUT2D eigenvalue weighted by molar-refractivity contribution is 0.0697. The van der Waals surface area contributed by atoms with E-state index >= 15 is 0 Å². The normalized spacial score (nSPS) is 10.4. The molecule has 0 saturated carbocycles. The highest BCUT2D eigenvalue weighted by atomic mass is 35.5. The molecule has 0 aromatic heterocycles. The molecule has 0 bridgehead atoms. The number of hydrogen-bond acceptors (Lipinski definition) is 4. The monoisotopic (exact) mass is 411 g/mol. The van der Waals surface area contributed by atoms with E-state index in [2.05, 4.69) is 5.32 Å². The number of rotatable bonds is 8. The van der Waals surface area contributed by atoms with Crippen LogP contribution in [-0.4, -0.2) is 18.2 Å². The summed E-state index contributed by atoms with van der Waals surface area (Å²) in [6, 6.07) is 18.2. The number of para-hydroxylation sites is 1. The fraction of sp³-hybridized carbons (Fsp3) is 0.174. The molecule has 0 heterocycles. The molecule has 0 unspecified atom stereocenters. The van der Waals surface area contributed by atoms with Crippen molar-refractivity contribution in [1.82, 2.24) is 0 Å². The Morgan fingerprint density at radius 2 is 1.86 bits per heavy atom. The fourth-order valence-corrected chi connectivity index (χ4v) is 3.02. The third kappa shape index (κ3) is 5.21. The van der Waals surface area contributed by atoms with E-state index in [0.717, 1.165) is 22.4 Å². The quantitative estimate of drug-likeness (QED) is 0.509. The molecule has 5 nitrogen and oxygen atoms in total. The van der Waals surface area contributed by atoms with E-state index in [1.165, 1.54) is 0 Å². The molecule has 0 aliphatic carbocycles. The molecule has 0 amide bonds. The maximum absolute atomic E-state index is 11.2. The van der Waals surface area contributed by atoms with Crippen molar-refractivity contribution in [3.8, 4) is 11.5 Å². The molecule has 0 spiro atoms. The van der Waals surface area contributed by atoms with Crippen molar-refractivity contribution in [2.24, 2.45) is 0 Å². The Bertz CT molecular complexity index is 1000. The van der Waals surface area contributed by atoms with Gasteiger partial charge in [-0.15, -0.1) is 0 Å². The van der Waals surface area contributed by atoms with Crippen LogP contribution in [0, 0.1) is 6.92 Å². The average molecular weight is 412 g/mol. The average Bonchev–Trinajstić information content (AvgIpc) is 2.72. The van der Waals surface area contributed by atoms with Crippen LogP contribution in [0.2, 0.25) is 5.02 Å². The van der Waals surface area contributed by atoms with Gasteiger partial charge in [-0.25, -0.2) is 4.79 Å². The van der Waals surface area contributed by atoms with Crippen molar-refractivity contribution >= 4 is 23.3 Å². The molecule has 150 valence electrons. The van der Waals surface area contributed by atoms with Crippen LogP contribution in [0.4, 0.5) is 5.69 Å². The van der Waals surface area contributed by atoms with Gasteiger partial charge in [-0.1, -0.05) is 41.9 Å². The largest absolute Gasteiger partial charge is 0.493 e. The summed E-state index contributed by atoms with van der Waals surface area (Å²) < 4.78 is 11.5. The van der Waals surface area contributed by atoms with Crippen molar-refractivity contribution < 1.29 is 19.4 Å². The van der Waals surface area contributed by atoms with Gasteiger partial charge in [0.15, 0.2) is 11.5 Å². The van der Waals surface area contributed by atoms with Gasteiger partial charge in [-0.2, -0.15) is 0 Å². The van der Waals surface area contributed by atoms with E-state index < -0.39 is 5.97 Å². The van der Waals surface area contributed by atoms with Crippen LogP contribution in [0.1, 0.15) is 27.0 Å². The summed E-state index contributed by atoms with van der Waals surface area (Å²) in [6.07, 6.45) is 0. The SMILES string of the molecule is COc1cccc(CNc2cc(C(=O)O)ccc2C)c1OCc1ccc(Cl)cc1. The summed E-state index contributed by atoms with van der Waals surface area (Å²) >= 11 is 5.94. The predicted molar refractivity (Wildman–Crippen MR) is 114 cm³/mol. The smallest absolute Gasteiger partial charge is 0.335 e. The number of anilines is 1. The molecule has 29 heavy (non-hydrogen) atoms. The zero-order chi connectivity index (χ0) is 20.8. The standard InChI is InChI=1S/C23H22ClNO4/c1-15-6-9-17(23(26)27)12-20(15)25-13-18-4-3-5-21(28-2)22(18)29-14-16-7-10-19(24)11-8-16/h3-12,25H,13-14H2,1-2H3,(H,26,27). The number of aryl methyl sites for hydroxylation is 1. The second kappa shape index (κ2) is 9.34. The second-order valence-corrected chi connectivity index (χ2v) is 6.99. The minimum absolute atomic E-state index is 0.239. The minimum atomic E-state index is -0.957. The van der Waals surface area contributed by atoms with Gasteiger partial charge in [-0.05, 0) is 48.4 Å². The number of carbonyl (C=O) groups is 1. The van der Waals surface area contributed by atoms with Crippen LogP contribution < -0.4 is 14.8 Å². The molecule has 3 aromatic carbocycles. The van der Waals surface area contributed by atoms with Crippen molar-refractivity contribution in [2.45, 2.75) is 20.1 Å². The van der Waals surface area contributed by atoms with E-state index in [1.54, 1.807) is 25.3 Å². The Hall–Kier alpha value is -3.18. The molecular formula is C23H22ClNO4. The number of carboxylic acid groups (broad SMARTS) is 1. The molecule has 2 N–H and O–H groups in total. The molecule has 0 aliphatic rings. The first-order valence-corrected chi connectivity index (χ1v) is 9.46. The number of nitrogens with one attached hydrogen (secondary N) is 1. The lowest BCUT2D eigenvalue weighted by atomic mass is 10.1.